The maximum atomic E-state index is 2.19. The molecule has 0 radical (unpaired) electrons. The summed E-state index contributed by atoms with van der Waals surface area (Å²) in [5, 5.41) is 0. The SMILES string of the molecule is CC(C)(C)C.[Cl-]. The third-order valence-electron chi connectivity index (χ3n) is 0. The normalized spacial score (nSPS) is 10.0. The van der Waals surface area contributed by atoms with Gasteiger partial charge in [-0.15, -0.1) is 0 Å². The molecule has 0 fully saturated rings. The molecule has 0 aliphatic carbocycles. The first-order valence-electron chi connectivity index (χ1n) is 2.00. The van der Waals surface area contributed by atoms with Crippen LogP contribution in [-0.2, 0) is 0 Å². The Labute approximate surface area is 46.4 Å². The first-order valence-corrected chi connectivity index (χ1v) is 2.00. The molecule has 0 heterocycles. The lowest BCUT2D eigenvalue weighted by molar-refractivity contribution is -0.00000202. The number of hydrogen-bond acceptors (Lipinski definition) is 0. The average Bonchev–Trinajstić information content (AvgIpc) is 0.722. The second-order valence-electron chi connectivity index (χ2n) is 3.00. The van der Waals surface area contributed by atoms with E-state index in [1.165, 1.54) is 0 Å². The monoisotopic (exact) mass is 107 g/mol. The van der Waals surface area contributed by atoms with Crippen LogP contribution in [0, 0.1) is 5.41 Å². The van der Waals surface area contributed by atoms with Gasteiger partial charge in [0, 0.05) is 0 Å². The van der Waals surface area contributed by atoms with E-state index in [-0.39, 0.29) is 12.4 Å². The molecular formula is C5H12Cl-. The van der Waals surface area contributed by atoms with E-state index in [9.17, 15) is 0 Å². The zero-order valence-electron chi connectivity index (χ0n) is 4.88. The fourth-order valence-corrected chi connectivity index (χ4v) is 0. The molecule has 0 amide bonds. The first-order chi connectivity index (χ1) is 2.00. The lowest BCUT2D eigenvalue weighted by atomic mass is 10.0. The average molecular weight is 108 g/mol. The Hall–Kier alpha value is 0.290. The lowest BCUT2D eigenvalue weighted by Gasteiger charge is -2.05. The van der Waals surface area contributed by atoms with Crippen LogP contribution < -0.4 is 12.4 Å². The van der Waals surface area contributed by atoms with Crippen molar-refractivity contribution in [1.29, 1.82) is 0 Å². The van der Waals surface area contributed by atoms with Crippen LogP contribution >= 0.6 is 0 Å². The summed E-state index contributed by atoms with van der Waals surface area (Å²) < 4.78 is 0. The maximum absolute atomic E-state index is 2.19. The highest BCUT2D eigenvalue weighted by molar-refractivity contribution is 4.47. The number of hydrogen-bond donors (Lipinski definition) is 0. The van der Waals surface area contributed by atoms with E-state index < -0.39 is 0 Å². The lowest BCUT2D eigenvalue weighted by Crippen LogP contribution is -3.00. The van der Waals surface area contributed by atoms with Gasteiger partial charge in [-0.3, -0.25) is 0 Å². The number of halogens is 1. The van der Waals surface area contributed by atoms with E-state index in [1.807, 2.05) is 0 Å². The van der Waals surface area contributed by atoms with Crippen molar-refractivity contribution in [3.63, 3.8) is 0 Å². The van der Waals surface area contributed by atoms with Crippen LogP contribution in [0.1, 0.15) is 27.7 Å². The topological polar surface area (TPSA) is 0 Å². The van der Waals surface area contributed by atoms with E-state index in [4.69, 9.17) is 0 Å². The van der Waals surface area contributed by atoms with E-state index in [1.54, 1.807) is 0 Å². The van der Waals surface area contributed by atoms with Gasteiger partial charge in [0.25, 0.3) is 0 Å². The molecule has 0 aliphatic heterocycles. The van der Waals surface area contributed by atoms with Crippen molar-refractivity contribution in [3.8, 4) is 0 Å². The van der Waals surface area contributed by atoms with Gasteiger partial charge in [-0.05, 0) is 5.41 Å². The first kappa shape index (κ1) is 9.56. The molecule has 0 spiro atoms. The summed E-state index contributed by atoms with van der Waals surface area (Å²) in [6.45, 7) is 8.75. The van der Waals surface area contributed by atoms with Crippen molar-refractivity contribution in [1.82, 2.24) is 0 Å². The molecule has 0 bridgehead atoms. The molecule has 0 rings (SSSR count). The molecule has 1 heteroatoms. The van der Waals surface area contributed by atoms with Gasteiger partial charge in [-0.25, -0.2) is 0 Å². The highest BCUT2D eigenvalue weighted by Gasteiger charge is 1.95. The van der Waals surface area contributed by atoms with Crippen LogP contribution in [-0.4, -0.2) is 0 Å². The number of rotatable bonds is 0. The van der Waals surface area contributed by atoms with E-state index in [2.05, 4.69) is 27.7 Å². The second kappa shape index (κ2) is 2.46. The summed E-state index contributed by atoms with van der Waals surface area (Å²) in [7, 11) is 0. The molecule has 0 unspecified atom stereocenters. The van der Waals surface area contributed by atoms with Gasteiger partial charge in [0.1, 0.15) is 0 Å². The van der Waals surface area contributed by atoms with Crippen molar-refractivity contribution >= 4 is 0 Å². The molecule has 0 atom stereocenters. The minimum Gasteiger partial charge on any atom is -1.00 e. The van der Waals surface area contributed by atoms with Gasteiger partial charge in [0.15, 0.2) is 0 Å². The molecule has 0 saturated heterocycles. The van der Waals surface area contributed by atoms with Gasteiger partial charge >= 0.3 is 0 Å². The molecule has 0 aliphatic rings. The van der Waals surface area contributed by atoms with Crippen LogP contribution in [0.4, 0.5) is 0 Å². The highest BCUT2D eigenvalue weighted by Crippen LogP contribution is 2.07. The van der Waals surface area contributed by atoms with Gasteiger partial charge in [-0.1, -0.05) is 27.7 Å². The van der Waals surface area contributed by atoms with Crippen molar-refractivity contribution in [2.75, 3.05) is 0 Å². The molecule has 0 saturated carbocycles. The molecular weight excluding hydrogens is 95.5 g/mol. The maximum Gasteiger partial charge on any atom is -0.0411 e. The van der Waals surface area contributed by atoms with E-state index in [0.29, 0.717) is 5.41 Å². The largest absolute Gasteiger partial charge is 1.00 e. The molecule has 0 aromatic carbocycles. The fourth-order valence-electron chi connectivity index (χ4n) is 0. The zero-order chi connectivity index (χ0) is 4.50. The minimum atomic E-state index is 0. The van der Waals surface area contributed by atoms with Gasteiger partial charge in [0.2, 0.25) is 0 Å². The predicted molar refractivity (Wildman–Crippen MR) is 25.1 cm³/mol. The van der Waals surface area contributed by atoms with Gasteiger partial charge in [0.05, 0.1) is 0 Å². The predicted octanol–water partition coefficient (Wildman–Crippen LogP) is -0.944. The van der Waals surface area contributed by atoms with Crippen LogP contribution in [0.3, 0.4) is 0 Å². The van der Waals surface area contributed by atoms with Gasteiger partial charge in [-0.2, -0.15) is 0 Å². The van der Waals surface area contributed by atoms with Crippen molar-refractivity contribution in [3.05, 3.63) is 0 Å². The standard InChI is InChI=1S/C5H12.ClH/c1-5(2,3)4;/h1-4H3;1H/p-1. The summed E-state index contributed by atoms with van der Waals surface area (Å²) >= 11 is 0. The Kier molecular flexibility index (Phi) is 3.92. The Morgan fingerprint density at radius 3 is 0.833 bits per heavy atom. The van der Waals surface area contributed by atoms with Crippen molar-refractivity contribution in [2.24, 2.45) is 5.41 Å². The summed E-state index contributed by atoms with van der Waals surface area (Å²) in [4.78, 5) is 0. The van der Waals surface area contributed by atoms with Crippen LogP contribution in [0.25, 0.3) is 0 Å². The summed E-state index contributed by atoms with van der Waals surface area (Å²) in [5.74, 6) is 0. The van der Waals surface area contributed by atoms with Gasteiger partial charge < -0.3 is 12.4 Å². The second-order valence-corrected chi connectivity index (χ2v) is 3.00. The third-order valence-corrected chi connectivity index (χ3v) is 0. The summed E-state index contributed by atoms with van der Waals surface area (Å²) in [5.41, 5.74) is 0.500. The van der Waals surface area contributed by atoms with E-state index >= 15 is 0 Å². The quantitative estimate of drug-likeness (QED) is 0.375. The Morgan fingerprint density at radius 1 is 0.833 bits per heavy atom. The van der Waals surface area contributed by atoms with E-state index in [0.717, 1.165) is 0 Å². The molecule has 0 aromatic rings. The molecule has 0 N–H and O–H groups in total. The van der Waals surface area contributed by atoms with Crippen LogP contribution in [0.5, 0.6) is 0 Å². The molecule has 40 valence electrons. The molecule has 0 aromatic heterocycles. The van der Waals surface area contributed by atoms with Crippen LogP contribution in [0.2, 0.25) is 0 Å². The Morgan fingerprint density at radius 2 is 0.833 bits per heavy atom. The smallest absolute Gasteiger partial charge is 0.0411 e. The Bertz CT molecular complexity index is 19.4. The minimum absolute atomic E-state index is 0. The Balaban J connectivity index is 0. The van der Waals surface area contributed by atoms with Crippen molar-refractivity contribution < 1.29 is 12.4 Å². The molecule has 0 nitrogen and oxygen atoms in total. The zero-order valence-corrected chi connectivity index (χ0v) is 5.63. The molecule has 6 heavy (non-hydrogen) atoms. The fraction of sp³-hybridized carbons (Fsp3) is 1.00. The van der Waals surface area contributed by atoms with Crippen molar-refractivity contribution in [2.45, 2.75) is 27.7 Å². The third kappa shape index (κ3) is 552. The summed E-state index contributed by atoms with van der Waals surface area (Å²) in [6.07, 6.45) is 0. The van der Waals surface area contributed by atoms with Crippen LogP contribution in [0.15, 0.2) is 0 Å². The highest BCUT2D eigenvalue weighted by atomic mass is 35.5. The summed E-state index contributed by atoms with van der Waals surface area (Å²) in [6, 6.07) is 0.